The van der Waals surface area contributed by atoms with Crippen LogP contribution in [0, 0.1) is 11.3 Å². The van der Waals surface area contributed by atoms with E-state index in [2.05, 4.69) is 11.1 Å². The SMILES string of the molecule is N#Cc1ccc2[nH]c(-c3ccc(Cl)c(Cl)c3)cc2c1. The molecule has 0 saturated carbocycles. The molecule has 0 fully saturated rings. The molecule has 0 aliphatic rings. The van der Waals surface area contributed by atoms with Crippen molar-refractivity contribution in [2.24, 2.45) is 0 Å². The Morgan fingerprint density at radius 1 is 0.947 bits per heavy atom. The average molecular weight is 287 g/mol. The van der Waals surface area contributed by atoms with E-state index in [0.717, 1.165) is 22.2 Å². The minimum absolute atomic E-state index is 0.524. The van der Waals surface area contributed by atoms with Crippen LogP contribution in [0.15, 0.2) is 42.5 Å². The van der Waals surface area contributed by atoms with Crippen molar-refractivity contribution in [3.63, 3.8) is 0 Å². The van der Waals surface area contributed by atoms with Crippen molar-refractivity contribution in [2.75, 3.05) is 0 Å². The molecule has 0 saturated heterocycles. The van der Waals surface area contributed by atoms with Crippen molar-refractivity contribution >= 4 is 34.1 Å². The predicted molar refractivity (Wildman–Crippen MR) is 78.5 cm³/mol. The molecule has 19 heavy (non-hydrogen) atoms. The van der Waals surface area contributed by atoms with Crippen LogP contribution in [0.2, 0.25) is 10.0 Å². The zero-order valence-corrected chi connectivity index (χ0v) is 11.3. The van der Waals surface area contributed by atoms with Crippen LogP contribution in [0.25, 0.3) is 22.2 Å². The van der Waals surface area contributed by atoms with Crippen LogP contribution >= 0.6 is 23.2 Å². The van der Waals surface area contributed by atoms with Crippen molar-refractivity contribution in [3.8, 4) is 17.3 Å². The highest BCUT2D eigenvalue weighted by Crippen LogP contribution is 2.30. The fourth-order valence-electron chi connectivity index (χ4n) is 2.02. The Morgan fingerprint density at radius 2 is 1.79 bits per heavy atom. The Bertz CT molecular complexity index is 813. The Kier molecular flexibility index (Phi) is 2.94. The molecule has 2 aromatic carbocycles. The fourth-order valence-corrected chi connectivity index (χ4v) is 2.32. The van der Waals surface area contributed by atoms with Crippen LogP contribution < -0.4 is 0 Å². The van der Waals surface area contributed by atoms with Gasteiger partial charge in [-0.3, -0.25) is 0 Å². The summed E-state index contributed by atoms with van der Waals surface area (Å²) in [6, 6.07) is 15.2. The third-order valence-electron chi connectivity index (χ3n) is 2.98. The molecule has 3 rings (SSSR count). The van der Waals surface area contributed by atoms with Crippen LogP contribution in [0.3, 0.4) is 0 Å². The van der Waals surface area contributed by atoms with E-state index in [4.69, 9.17) is 28.5 Å². The van der Waals surface area contributed by atoms with Crippen LogP contribution in [0.5, 0.6) is 0 Å². The number of nitrogens with zero attached hydrogens (tertiary/aromatic N) is 1. The molecule has 0 amide bonds. The maximum atomic E-state index is 8.90. The van der Waals surface area contributed by atoms with Crippen molar-refractivity contribution in [2.45, 2.75) is 0 Å². The highest BCUT2D eigenvalue weighted by atomic mass is 35.5. The maximum absolute atomic E-state index is 8.90. The van der Waals surface area contributed by atoms with Gasteiger partial charge in [-0.1, -0.05) is 29.3 Å². The average Bonchev–Trinajstić information content (AvgIpc) is 2.84. The summed E-state index contributed by atoms with van der Waals surface area (Å²) in [4.78, 5) is 3.30. The number of rotatable bonds is 1. The summed E-state index contributed by atoms with van der Waals surface area (Å²) in [7, 11) is 0. The van der Waals surface area contributed by atoms with Crippen molar-refractivity contribution in [1.82, 2.24) is 4.98 Å². The van der Waals surface area contributed by atoms with E-state index < -0.39 is 0 Å². The molecule has 1 aromatic heterocycles. The van der Waals surface area contributed by atoms with Gasteiger partial charge >= 0.3 is 0 Å². The second-order valence-electron chi connectivity index (χ2n) is 4.23. The Labute approximate surface area is 120 Å². The first-order chi connectivity index (χ1) is 9.17. The zero-order chi connectivity index (χ0) is 13.4. The lowest BCUT2D eigenvalue weighted by Gasteiger charge is -2.00. The lowest BCUT2D eigenvalue weighted by molar-refractivity contribution is 1.45. The van der Waals surface area contributed by atoms with Crippen LogP contribution in [0.1, 0.15) is 5.56 Å². The number of halogens is 2. The quantitative estimate of drug-likeness (QED) is 0.671. The number of aromatic amines is 1. The zero-order valence-electron chi connectivity index (χ0n) is 9.74. The van der Waals surface area contributed by atoms with Gasteiger partial charge in [-0.05, 0) is 42.0 Å². The molecule has 0 unspecified atom stereocenters. The van der Waals surface area contributed by atoms with E-state index in [-0.39, 0.29) is 0 Å². The molecule has 0 aliphatic heterocycles. The van der Waals surface area contributed by atoms with Gasteiger partial charge in [-0.25, -0.2) is 0 Å². The first kappa shape index (κ1) is 12.1. The highest BCUT2D eigenvalue weighted by Gasteiger charge is 2.06. The van der Waals surface area contributed by atoms with Gasteiger partial charge in [-0.15, -0.1) is 0 Å². The third-order valence-corrected chi connectivity index (χ3v) is 3.72. The van der Waals surface area contributed by atoms with Crippen LogP contribution in [-0.4, -0.2) is 4.98 Å². The monoisotopic (exact) mass is 286 g/mol. The summed E-state index contributed by atoms with van der Waals surface area (Å²) in [5, 5.41) is 11.0. The predicted octanol–water partition coefficient (Wildman–Crippen LogP) is 5.01. The Hall–Kier alpha value is -1.95. The lowest BCUT2D eigenvalue weighted by Crippen LogP contribution is -1.77. The van der Waals surface area contributed by atoms with Crippen LogP contribution in [-0.2, 0) is 0 Å². The molecular formula is C15H8Cl2N2. The molecule has 1 heterocycles. The molecule has 2 nitrogen and oxygen atoms in total. The van der Waals surface area contributed by atoms with Gasteiger partial charge in [-0.2, -0.15) is 5.26 Å². The lowest BCUT2D eigenvalue weighted by atomic mass is 10.1. The van der Waals surface area contributed by atoms with Gasteiger partial charge in [0.15, 0.2) is 0 Å². The van der Waals surface area contributed by atoms with Gasteiger partial charge in [0.1, 0.15) is 0 Å². The standard InChI is InChI=1S/C15H8Cl2N2/c16-12-3-2-10(6-13(12)17)15-7-11-5-9(8-18)1-4-14(11)19-15/h1-7,19H. The first-order valence-electron chi connectivity index (χ1n) is 5.65. The van der Waals surface area contributed by atoms with E-state index in [1.165, 1.54) is 0 Å². The highest BCUT2D eigenvalue weighted by molar-refractivity contribution is 6.42. The molecule has 4 heteroatoms. The van der Waals surface area contributed by atoms with Crippen molar-refractivity contribution in [1.29, 1.82) is 5.26 Å². The molecule has 0 spiro atoms. The van der Waals surface area contributed by atoms with Crippen molar-refractivity contribution in [3.05, 3.63) is 58.1 Å². The summed E-state index contributed by atoms with van der Waals surface area (Å²) in [5.41, 5.74) is 3.54. The number of hydrogen-bond donors (Lipinski definition) is 1. The topological polar surface area (TPSA) is 39.6 Å². The maximum Gasteiger partial charge on any atom is 0.0991 e. The smallest absolute Gasteiger partial charge is 0.0991 e. The normalized spacial score (nSPS) is 10.6. The fraction of sp³-hybridized carbons (Fsp3) is 0. The largest absolute Gasteiger partial charge is 0.355 e. The van der Waals surface area contributed by atoms with E-state index in [1.807, 2.05) is 30.3 Å². The minimum Gasteiger partial charge on any atom is -0.355 e. The molecule has 0 atom stereocenters. The minimum atomic E-state index is 0.524. The van der Waals surface area contributed by atoms with Gasteiger partial charge in [0.05, 0.1) is 21.7 Å². The number of hydrogen-bond acceptors (Lipinski definition) is 1. The summed E-state index contributed by atoms with van der Waals surface area (Å²) in [6.07, 6.45) is 0. The Balaban J connectivity index is 2.15. The molecule has 0 aliphatic carbocycles. The summed E-state index contributed by atoms with van der Waals surface area (Å²) < 4.78 is 0. The van der Waals surface area contributed by atoms with Gasteiger partial charge in [0, 0.05) is 16.6 Å². The Morgan fingerprint density at radius 3 is 2.53 bits per heavy atom. The second-order valence-corrected chi connectivity index (χ2v) is 5.04. The number of nitriles is 1. The number of aromatic nitrogens is 1. The molecule has 0 radical (unpaired) electrons. The number of fused-ring (bicyclic) bond motifs is 1. The van der Waals surface area contributed by atoms with Gasteiger partial charge < -0.3 is 4.98 Å². The molecule has 1 N–H and O–H groups in total. The van der Waals surface area contributed by atoms with E-state index in [9.17, 15) is 0 Å². The summed E-state index contributed by atoms with van der Waals surface area (Å²) in [5.74, 6) is 0. The molecular weight excluding hydrogens is 279 g/mol. The summed E-state index contributed by atoms with van der Waals surface area (Å²) in [6.45, 7) is 0. The molecule has 92 valence electrons. The second kappa shape index (κ2) is 4.62. The number of benzene rings is 2. The van der Waals surface area contributed by atoms with E-state index in [0.29, 0.717) is 15.6 Å². The summed E-state index contributed by atoms with van der Waals surface area (Å²) >= 11 is 11.9. The van der Waals surface area contributed by atoms with Gasteiger partial charge in [0.2, 0.25) is 0 Å². The number of nitrogens with one attached hydrogen (secondary N) is 1. The molecule has 3 aromatic rings. The van der Waals surface area contributed by atoms with Crippen molar-refractivity contribution < 1.29 is 0 Å². The van der Waals surface area contributed by atoms with E-state index in [1.54, 1.807) is 12.1 Å². The van der Waals surface area contributed by atoms with E-state index >= 15 is 0 Å². The van der Waals surface area contributed by atoms with Gasteiger partial charge in [0.25, 0.3) is 0 Å². The van der Waals surface area contributed by atoms with Crippen LogP contribution in [0.4, 0.5) is 0 Å². The molecule has 0 bridgehead atoms. The third kappa shape index (κ3) is 2.19. The first-order valence-corrected chi connectivity index (χ1v) is 6.41. The number of H-pyrrole nitrogens is 1.